The molecule has 0 bridgehead atoms. The van der Waals surface area contributed by atoms with Crippen LogP contribution in [0.5, 0.6) is 0 Å². The molecule has 0 spiro atoms. The highest BCUT2D eigenvalue weighted by Crippen LogP contribution is 2.16. The normalized spacial score (nSPS) is 12.8. The summed E-state index contributed by atoms with van der Waals surface area (Å²) in [5, 5.41) is 23.0. The Morgan fingerprint density at radius 2 is 0.810 bits per heavy atom. The second-order valence-electron chi connectivity index (χ2n) is 17.5. The summed E-state index contributed by atoms with van der Waals surface area (Å²) in [6, 6.07) is -0.647. The van der Waals surface area contributed by atoms with Gasteiger partial charge in [0.25, 0.3) is 0 Å². The molecule has 0 aliphatic rings. The Bertz CT molecular complexity index is 904. The molecular formula is C52H99NO5. The molecule has 0 aliphatic carbocycles. The Balaban J connectivity index is 3.52. The molecular weight excluding hydrogens is 719 g/mol. The summed E-state index contributed by atoms with van der Waals surface area (Å²) in [6.45, 7) is 4.82. The van der Waals surface area contributed by atoms with E-state index in [9.17, 15) is 19.8 Å². The van der Waals surface area contributed by atoms with Crippen LogP contribution in [0.3, 0.4) is 0 Å². The van der Waals surface area contributed by atoms with Crippen molar-refractivity contribution in [1.82, 2.24) is 5.32 Å². The molecule has 342 valence electrons. The summed E-state index contributed by atoms with van der Waals surface area (Å²) in [5.41, 5.74) is 0. The average Bonchev–Trinajstić information content (AvgIpc) is 3.22. The minimum absolute atomic E-state index is 0.0295. The van der Waals surface area contributed by atoms with Gasteiger partial charge in [-0.25, -0.2) is 0 Å². The summed E-state index contributed by atoms with van der Waals surface area (Å²) in [4.78, 5) is 24.4. The zero-order valence-corrected chi connectivity index (χ0v) is 38.8. The molecule has 1 amide bonds. The van der Waals surface area contributed by atoms with E-state index in [1.165, 1.54) is 161 Å². The van der Waals surface area contributed by atoms with Crippen molar-refractivity contribution in [3.8, 4) is 0 Å². The predicted octanol–water partition coefficient (Wildman–Crippen LogP) is 15.1. The van der Waals surface area contributed by atoms with Gasteiger partial charge in [0.15, 0.2) is 0 Å². The topological polar surface area (TPSA) is 95.9 Å². The maximum Gasteiger partial charge on any atom is 0.305 e. The second-order valence-corrected chi connectivity index (χ2v) is 17.5. The largest absolute Gasteiger partial charge is 0.466 e. The smallest absolute Gasteiger partial charge is 0.305 e. The molecule has 3 N–H and O–H groups in total. The highest BCUT2D eigenvalue weighted by molar-refractivity contribution is 5.76. The number of nitrogens with one attached hydrogen (secondary N) is 1. The highest BCUT2D eigenvalue weighted by Gasteiger charge is 2.18. The Morgan fingerprint density at radius 3 is 1.22 bits per heavy atom. The average molecular weight is 818 g/mol. The van der Waals surface area contributed by atoms with Crippen LogP contribution in [0.2, 0.25) is 0 Å². The summed E-state index contributed by atoms with van der Waals surface area (Å²) in [6.07, 6.45) is 56.1. The van der Waals surface area contributed by atoms with Gasteiger partial charge in [-0.2, -0.15) is 0 Å². The number of amides is 1. The van der Waals surface area contributed by atoms with Crippen molar-refractivity contribution < 1.29 is 24.5 Å². The van der Waals surface area contributed by atoms with Crippen LogP contribution in [0.1, 0.15) is 271 Å². The molecule has 0 saturated heterocycles. The van der Waals surface area contributed by atoms with Crippen LogP contribution in [-0.2, 0) is 14.3 Å². The predicted molar refractivity (Wildman–Crippen MR) is 250 cm³/mol. The summed E-state index contributed by atoms with van der Waals surface area (Å²) < 4.78 is 5.44. The van der Waals surface area contributed by atoms with Gasteiger partial charge in [-0.05, 0) is 57.8 Å². The zero-order chi connectivity index (χ0) is 42.3. The molecule has 0 fully saturated rings. The lowest BCUT2D eigenvalue weighted by Gasteiger charge is -2.20. The molecule has 58 heavy (non-hydrogen) atoms. The molecule has 0 aromatic rings. The van der Waals surface area contributed by atoms with Crippen molar-refractivity contribution in [3.05, 3.63) is 24.3 Å². The molecule has 0 radical (unpaired) electrons. The Morgan fingerprint density at radius 1 is 0.466 bits per heavy atom. The monoisotopic (exact) mass is 818 g/mol. The maximum absolute atomic E-state index is 12.4. The fourth-order valence-corrected chi connectivity index (χ4v) is 7.74. The number of aliphatic hydroxyl groups is 2. The number of allylic oxidation sites excluding steroid dienone is 3. The first-order chi connectivity index (χ1) is 28.5. The lowest BCUT2D eigenvalue weighted by Crippen LogP contribution is -2.45. The number of carbonyl (C=O) groups is 2. The fourth-order valence-electron chi connectivity index (χ4n) is 7.74. The quantitative estimate of drug-likeness (QED) is 0.0323. The van der Waals surface area contributed by atoms with Gasteiger partial charge < -0.3 is 20.3 Å². The third-order valence-corrected chi connectivity index (χ3v) is 11.7. The highest BCUT2D eigenvalue weighted by atomic mass is 16.5. The molecule has 2 unspecified atom stereocenters. The molecule has 0 aliphatic heterocycles. The van der Waals surface area contributed by atoms with Crippen molar-refractivity contribution >= 4 is 11.9 Å². The zero-order valence-electron chi connectivity index (χ0n) is 38.8. The number of ether oxygens (including phenoxy) is 1. The minimum Gasteiger partial charge on any atom is -0.466 e. The van der Waals surface area contributed by atoms with Gasteiger partial charge in [-0.1, -0.05) is 224 Å². The number of unbranched alkanes of at least 4 members (excludes halogenated alkanes) is 34. The van der Waals surface area contributed by atoms with E-state index in [4.69, 9.17) is 4.74 Å². The van der Waals surface area contributed by atoms with Gasteiger partial charge >= 0.3 is 5.97 Å². The van der Waals surface area contributed by atoms with Crippen LogP contribution >= 0.6 is 0 Å². The van der Waals surface area contributed by atoms with E-state index >= 15 is 0 Å². The first-order valence-corrected chi connectivity index (χ1v) is 25.6. The first-order valence-electron chi connectivity index (χ1n) is 25.6. The number of carbonyl (C=O) groups excluding carboxylic acids is 2. The fraction of sp³-hybridized carbons (Fsp3) is 0.885. The van der Waals surface area contributed by atoms with Crippen molar-refractivity contribution in [3.63, 3.8) is 0 Å². The second kappa shape index (κ2) is 48.0. The molecule has 0 aromatic heterocycles. The van der Waals surface area contributed by atoms with Crippen LogP contribution in [0, 0.1) is 0 Å². The molecule has 6 heteroatoms. The van der Waals surface area contributed by atoms with E-state index in [0.29, 0.717) is 19.4 Å². The molecule has 0 rings (SSSR count). The van der Waals surface area contributed by atoms with E-state index in [2.05, 4.69) is 31.3 Å². The van der Waals surface area contributed by atoms with Crippen LogP contribution in [0.4, 0.5) is 0 Å². The molecule has 2 atom stereocenters. The van der Waals surface area contributed by atoms with Crippen molar-refractivity contribution in [2.24, 2.45) is 0 Å². The summed E-state index contributed by atoms with van der Waals surface area (Å²) >= 11 is 0. The van der Waals surface area contributed by atoms with Gasteiger partial charge in [0, 0.05) is 12.8 Å². The van der Waals surface area contributed by atoms with Crippen LogP contribution in [0.15, 0.2) is 24.3 Å². The van der Waals surface area contributed by atoms with Crippen molar-refractivity contribution in [2.75, 3.05) is 13.2 Å². The Kier molecular flexibility index (Phi) is 46.6. The number of hydrogen-bond donors (Lipinski definition) is 3. The molecule has 0 heterocycles. The summed E-state index contributed by atoms with van der Waals surface area (Å²) in [7, 11) is 0. The Hall–Kier alpha value is -1.66. The van der Waals surface area contributed by atoms with E-state index < -0.39 is 12.1 Å². The van der Waals surface area contributed by atoms with E-state index in [0.717, 1.165) is 83.5 Å². The first kappa shape index (κ1) is 56.3. The van der Waals surface area contributed by atoms with Gasteiger partial charge in [0.1, 0.15) is 0 Å². The van der Waals surface area contributed by atoms with Gasteiger partial charge in [-0.3, -0.25) is 9.59 Å². The van der Waals surface area contributed by atoms with Crippen LogP contribution in [-0.4, -0.2) is 47.4 Å². The van der Waals surface area contributed by atoms with Crippen LogP contribution in [0.25, 0.3) is 0 Å². The number of aliphatic hydroxyl groups excluding tert-OH is 2. The van der Waals surface area contributed by atoms with E-state index in [-0.39, 0.29) is 18.5 Å². The lowest BCUT2D eigenvalue weighted by molar-refractivity contribution is -0.143. The SMILES string of the molecule is CCCCCCCCCCCCC/C=C/C(O)C(CO)NC(=O)CCCCCCC/C=C\CCCCOC(=O)CCCCCCCCCCCCCCCCCCC. The lowest BCUT2D eigenvalue weighted by atomic mass is 10.0. The number of hydrogen-bond acceptors (Lipinski definition) is 5. The molecule has 0 saturated carbocycles. The molecule has 0 aromatic carbocycles. The standard InChI is InChI=1S/C52H99NO5/c1-3-5-7-9-11-13-15-17-18-19-20-22-26-30-34-38-42-46-52(57)58-47-43-39-35-31-27-23-25-29-33-37-41-45-51(56)53-49(48-54)50(55)44-40-36-32-28-24-21-16-14-12-10-8-6-4-2/h27,31,40,44,49-50,54-55H,3-26,28-30,32-39,41-43,45-48H2,1-2H3,(H,53,56)/b31-27-,44-40+. The molecule has 6 nitrogen and oxygen atoms in total. The van der Waals surface area contributed by atoms with E-state index in [1.54, 1.807) is 6.08 Å². The minimum atomic E-state index is -0.861. The third kappa shape index (κ3) is 43.9. The van der Waals surface area contributed by atoms with Gasteiger partial charge in [0.2, 0.25) is 5.91 Å². The van der Waals surface area contributed by atoms with E-state index in [1.807, 2.05) is 6.08 Å². The van der Waals surface area contributed by atoms with Crippen molar-refractivity contribution in [2.45, 2.75) is 283 Å². The Labute approximate surface area is 361 Å². The number of esters is 1. The van der Waals surface area contributed by atoms with Gasteiger partial charge in [-0.15, -0.1) is 0 Å². The number of rotatable bonds is 47. The summed E-state index contributed by atoms with van der Waals surface area (Å²) in [5.74, 6) is -0.127. The maximum atomic E-state index is 12.4. The third-order valence-electron chi connectivity index (χ3n) is 11.7. The van der Waals surface area contributed by atoms with Crippen LogP contribution < -0.4 is 5.32 Å². The van der Waals surface area contributed by atoms with Crippen molar-refractivity contribution in [1.29, 1.82) is 0 Å². The van der Waals surface area contributed by atoms with Gasteiger partial charge in [0.05, 0.1) is 25.4 Å².